The fourth-order valence-electron chi connectivity index (χ4n) is 18.3. The van der Waals surface area contributed by atoms with Crippen molar-refractivity contribution in [3.63, 3.8) is 0 Å². The van der Waals surface area contributed by atoms with Crippen LogP contribution in [0.1, 0.15) is 211 Å². The van der Waals surface area contributed by atoms with Crippen molar-refractivity contribution in [1.82, 2.24) is 29.7 Å². The minimum atomic E-state index is -0.833. The highest BCUT2D eigenvalue weighted by Crippen LogP contribution is 2.63. The Hall–Kier alpha value is -12.1. The molecule has 6 aliphatic rings. The smallest absolute Gasteiger partial charge is 0.273 e. The molecule has 0 bridgehead atoms. The summed E-state index contributed by atoms with van der Waals surface area (Å²) in [6.07, 6.45) is 9.45. The van der Waals surface area contributed by atoms with Crippen LogP contribution >= 0.6 is 23.2 Å². The van der Waals surface area contributed by atoms with Gasteiger partial charge in [-0.05, 0) is 173 Å². The number of piperazine rings is 2. The van der Waals surface area contributed by atoms with Crippen molar-refractivity contribution in [3.05, 3.63) is 220 Å². The van der Waals surface area contributed by atoms with Crippen LogP contribution in [0.2, 0.25) is 10.0 Å². The summed E-state index contributed by atoms with van der Waals surface area (Å²) in [7, 11) is 0. The summed E-state index contributed by atoms with van der Waals surface area (Å²) in [4.78, 5) is 141. The molecule has 8 aromatic rings. The number of ether oxygens (including phenoxy) is 4. The summed E-state index contributed by atoms with van der Waals surface area (Å²) < 4.78 is 24.6. The summed E-state index contributed by atoms with van der Waals surface area (Å²) in [6, 6.07) is 38.3. The standard InChI is InChI=1S/C45H48ClN7O7.C45H46ClN7O6.2CH4/c1-44(2)37(45(3,4)43(44)60-30-10-8-27(25-47)33(46)23-30)24-36(54)28-9-15-38(49-26-28)52-19-17-51(18-20-52)16-6-5-7-21-59-29-11-12-31-32(22-29)42(58)53(41(31)57)35-14-13-34(39(48)55)50-40(35)56;1-44(2)38(45(3,4)43(44)59-32-11-8-28(25-47)35(46)23-32)24-37(54)29-9-15-39(49-27-29)52-19-17-51(18-20-52)16-6-5-7-21-58-31-12-13-33-34(22-31)42(57)53(41(33)56)36-14-10-30(26-48)50-40(36)55;;/h8-15,22-23,26,37,43H,5-7,16-21,24H2,1-4H3,(H2,48,55)(H,50,56);8-15,22-23,27,38,43H,5-7,16-21,24H2,1-4H3,(H,50,55);2*1H4. The van der Waals surface area contributed by atoms with Crippen LogP contribution in [0.5, 0.6) is 23.0 Å². The number of hydrogen-bond donors (Lipinski definition) is 3. The Morgan fingerprint density at radius 2 is 0.851 bits per heavy atom. The molecule has 27 nitrogen and oxygen atoms in total. The van der Waals surface area contributed by atoms with Gasteiger partial charge in [0.2, 0.25) is 0 Å². The number of nitrogens with zero attached hydrogens (tertiary/aromatic N) is 11. The van der Waals surface area contributed by atoms with Gasteiger partial charge in [-0.15, -0.1) is 0 Å². The minimum Gasteiger partial charge on any atom is -0.494 e. The third-order valence-corrected chi connectivity index (χ3v) is 25.0. The first kappa shape index (κ1) is 89.7. The molecule has 5 amide bonds. The lowest BCUT2D eigenvalue weighted by Gasteiger charge is -2.63. The van der Waals surface area contributed by atoms with Gasteiger partial charge in [-0.25, -0.2) is 19.8 Å². The highest BCUT2D eigenvalue weighted by atomic mass is 35.5. The lowest BCUT2D eigenvalue weighted by Crippen LogP contribution is -2.66. The molecule has 4 aliphatic heterocycles. The number of pyridine rings is 4. The summed E-state index contributed by atoms with van der Waals surface area (Å²) in [5.41, 5.74) is 4.93. The van der Waals surface area contributed by atoms with E-state index >= 15 is 0 Å². The molecular formula is C92H102Cl2N14O13. The number of nitriles is 3. The molecule has 0 atom stereocenters. The number of rotatable bonds is 29. The van der Waals surface area contributed by atoms with Crippen LogP contribution in [-0.4, -0.2) is 162 Å². The third-order valence-electron chi connectivity index (χ3n) is 24.4. The van der Waals surface area contributed by atoms with E-state index in [9.17, 15) is 53.7 Å². The molecular weight excluding hydrogens is 1580 g/mol. The Kier molecular flexibility index (Phi) is 27.7. The average Bonchev–Trinajstić information content (AvgIpc) is 1.25. The molecule has 4 fully saturated rings. The molecule has 2 saturated carbocycles. The van der Waals surface area contributed by atoms with Crippen molar-refractivity contribution >= 4 is 87.3 Å². The largest absolute Gasteiger partial charge is 0.494 e. The van der Waals surface area contributed by atoms with Crippen molar-refractivity contribution < 1.29 is 52.5 Å². The zero-order chi connectivity index (χ0) is 85.0. The number of aromatic nitrogens is 4. The van der Waals surface area contributed by atoms with E-state index in [0.717, 1.165) is 125 Å². The van der Waals surface area contributed by atoms with Gasteiger partial charge >= 0.3 is 0 Å². The van der Waals surface area contributed by atoms with Crippen LogP contribution in [0.15, 0.2) is 143 Å². The summed E-state index contributed by atoms with van der Waals surface area (Å²) >= 11 is 12.5. The van der Waals surface area contributed by atoms with E-state index in [2.05, 4.69) is 102 Å². The van der Waals surface area contributed by atoms with Crippen LogP contribution in [0.4, 0.5) is 23.0 Å². The van der Waals surface area contributed by atoms with E-state index in [1.165, 1.54) is 48.5 Å². The predicted octanol–water partition coefficient (Wildman–Crippen LogP) is 14.6. The van der Waals surface area contributed by atoms with Crippen LogP contribution < -0.4 is 55.4 Å². The normalized spacial score (nSPS) is 19.0. The van der Waals surface area contributed by atoms with Crippen molar-refractivity contribution in [1.29, 1.82) is 15.8 Å². The van der Waals surface area contributed by atoms with E-state index in [0.29, 0.717) is 81.4 Å². The van der Waals surface area contributed by atoms with Gasteiger partial charge < -0.3 is 44.4 Å². The number of Topliss-reactive ketones (excluding diaryl/α,β-unsaturated/α-hetero) is 2. The van der Waals surface area contributed by atoms with Gasteiger partial charge in [0.25, 0.3) is 40.7 Å². The number of H-pyrrole nitrogens is 2. The number of primary amides is 1. The second-order valence-electron chi connectivity index (χ2n) is 33.4. The number of ketones is 2. The minimum absolute atomic E-state index is 0. The highest BCUT2D eigenvalue weighted by molar-refractivity contribution is 6.35. The van der Waals surface area contributed by atoms with Crippen LogP contribution in [0.3, 0.4) is 0 Å². The van der Waals surface area contributed by atoms with Crippen LogP contribution in [0.25, 0.3) is 0 Å². The summed E-state index contributed by atoms with van der Waals surface area (Å²) in [6.45, 7) is 26.9. The number of amides is 5. The zero-order valence-electron chi connectivity index (χ0n) is 67.7. The average molecular weight is 1680 g/mol. The van der Waals surface area contributed by atoms with E-state index < -0.39 is 40.7 Å². The van der Waals surface area contributed by atoms with E-state index in [1.807, 2.05) is 30.3 Å². The molecule has 0 radical (unpaired) electrons. The zero-order valence-corrected chi connectivity index (χ0v) is 69.2. The number of fused-ring (bicyclic) bond motifs is 2. The molecule has 14 rings (SSSR count). The van der Waals surface area contributed by atoms with Gasteiger partial charge in [0.15, 0.2) is 11.6 Å². The number of nitrogens with two attached hydrogens (primary N) is 1. The summed E-state index contributed by atoms with van der Waals surface area (Å²) in [5, 5.41) is 28.1. The number of hydrogen-bond acceptors (Lipinski definition) is 22. The molecule has 632 valence electrons. The van der Waals surface area contributed by atoms with E-state index in [-0.39, 0.29) is 117 Å². The maximum absolute atomic E-state index is 13.5. The molecule has 4 N–H and O–H groups in total. The fraction of sp³-hybridized carbons (Fsp3) is 0.413. The number of aromatic amines is 2. The van der Waals surface area contributed by atoms with Crippen molar-refractivity contribution in [2.24, 2.45) is 39.2 Å². The lowest BCUT2D eigenvalue weighted by molar-refractivity contribution is -0.196. The molecule has 4 aromatic carbocycles. The Morgan fingerprint density at radius 3 is 1.21 bits per heavy atom. The number of imide groups is 2. The van der Waals surface area contributed by atoms with Gasteiger partial charge in [0.1, 0.15) is 87.8 Å². The van der Waals surface area contributed by atoms with Gasteiger partial charge in [-0.1, -0.05) is 93.4 Å². The van der Waals surface area contributed by atoms with E-state index in [4.69, 9.17) is 58.1 Å². The Morgan fingerprint density at radius 1 is 0.463 bits per heavy atom. The number of unbranched alkanes of at least 4 members (excludes halogenated alkanes) is 4. The van der Waals surface area contributed by atoms with Gasteiger partial charge in [-0.2, -0.15) is 15.8 Å². The molecule has 8 heterocycles. The number of halogens is 2. The van der Waals surface area contributed by atoms with Gasteiger partial charge in [-0.3, -0.25) is 53.0 Å². The molecule has 4 aromatic heterocycles. The predicted molar refractivity (Wildman–Crippen MR) is 462 cm³/mol. The Labute approximate surface area is 714 Å². The topological polar surface area (TPSA) is 365 Å². The molecule has 121 heavy (non-hydrogen) atoms. The maximum atomic E-state index is 13.5. The first-order chi connectivity index (χ1) is 56.8. The number of benzene rings is 4. The van der Waals surface area contributed by atoms with Crippen molar-refractivity contribution in [2.75, 3.05) is 98.3 Å². The fourth-order valence-corrected chi connectivity index (χ4v) is 18.7. The second kappa shape index (κ2) is 37.3. The quantitative estimate of drug-likeness (QED) is 0.0223. The Bertz CT molecular complexity index is 5500. The van der Waals surface area contributed by atoms with E-state index in [1.54, 1.807) is 60.9 Å². The first-order valence-electron chi connectivity index (χ1n) is 40.0. The van der Waals surface area contributed by atoms with Crippen LogP contribution in [0, 0.1) is 67.5 Å². The first-order valence-corrected chi connectivity index (χ1v) is 40.7. The van der Waals surface area contributed by atoms with Gasteiger partial charge in [0, 0.05) is 123 Å². The summed E-state index contributed by atoms with van der Waals surface area (Å²) in [5.74, 6) is 0.855. The number of nitrogens with one attached hydrogen (secondary N) is 2. The monoisotopic (exact) mass is 1680 g/mol. The third kappa shape index (κ3) is 18.8. The molecule has 2 saturated heterocycles. The molecule has 0 unspecified atom stereocenters. The highest BCUT2D eigenvalue weighted by Gasteiger charge is 2.65. The number of carbonyl (C=O) groups is 7. The molecule has 29 heteroatoms. The lowest BCUT2D eigenvalue weighted by atomic mass is 9.44. The second-order valence-corrected chi connectivity index (χ2v) is 34.2. The van der Waals surface area contributed by atoms with Gasteiger partial charge in [0.05, 0.1) is 56.6 Å². The SMILES string of the molecule is C.C.CC1(C)C(CC(=O)c2ccc(N3CCN(CCCCCOc4ccc5c(c4)C(=O)N(c4ccc(C#N)[nH]c4=O)C5=O)CC3)nc2)C(C)(C)C1Oc1ccc(C#N)c(Cl)c1.CC1(C)C(CC(=O)c2ccc(N3CCN(CCCCCOc4ccc5c(c4)C(=O)N(c4ccc(C(N)=O)[nH]c4=O)C5=O)CC3)nc2)C(C)(C)C1Oc1ccc(C#N)c(Cl)c1. The molecule has 2 aliphatic carbocycles. The van der Waals surface area contributed by atoms with Crippen LogP contribution in [-0.2, 0) is 0 Å². The number of anilines is 4. The van der Waals surface area contributed by atoms with Crippen molar-refractivity contribution in [2.45, 2.75) is 134 Å². The maximum Gasteiger partial charge on any atom is 0.273 e. The molecule has 0 spiro atoms. The Balaban J connectivity index is 0.000000233. The van der Waals surface area contributed by atoms with Crippen molar-refractivity contribution in [3.8, 4) is 41.2 Å². The number of carbonyl (C=O) groups excluding carboxylic acids is 7.